The Balaban J connectivity index is 2.15. The van der Waals surface area contributed by atoms with Crippen LogP contribution in [-0.4, -0.2) is 10.1 Å². The molecule has 1 aromatic heterocycles. The fraction of sp³-hybridized carbons (Fsp3) is 0.312. The van der Waals surface area contributed by atoms with Crippen molar-refractivity contribution < 1.29 is 5.11 Å². The number of hydrogen-bond acceptors (Lipinski definition) is 2. The number of benzene rings is 1. The molecule has 2 rings (SSSR count). The molecule has 0 fully saturated rings. The zero-order chi connectivity index (χ0) is 13.8. The maximum absolute atomic E-state index is 10.3. The van der Waals surface area contributed by atoms with Crippen LogP contribution in [0.25, 0.3) is 0 Å². The molecule has 2 nitrogen and oxygen atoms in total. The highest BCUT2D eigenvalue weighted by Gasteiger charge is 2.13. The molecule has 3 heteroatoms. The van der Waals surface area contributed by atoms with E-state index in [9.17, 15) is 5.11 Å². The third-order valence-corrected chi connectivity index (χ3v) is 4.36. The first-order valence-corrected chi connectivity index (χ1v) is 7.28. The molecule has 0 amide bonds. The zero-order valence-corrected chi connectivity index (χ0v) is 12.8. The van der Waals surface area contributed by atoms with Crippen LogP contribution < -0.4 is 0 Å². The Morgan fingerprint density at radius 2 is 2.05 bits per heavy atom. The third-order valence-electron chi connectivity index (χ3n) is 3.28. The summed E-state index contributed by atoms with van der Waals surface area (Å²) in [7, 11) is 0. The number of nitrogens with zero attached hydrogens (tertiary/aromatic N) is 1. The second-order valence-electron chi connectivity index (χ2n) is 4.71. The highest BCUT2D eigenvalue weighted by Crippen LogP contribution is 2.28. The number of aromatic nitrogens is 1. The lowest BCUT2D eigenvalue weighted by Crippen LogP contribution is -2.05. The molecular weight excluding hydrogens is 302 g/mol. The van der Waals surface area contributed by atoms with Crippen molar-refractivity contribution in [2.75, 3.05) is 0 Å². The summed E-state index contributed by atoms with van der Waals surface area (Å²) in [5.41, 5.74) is 4.18. The van der Waals surface area contributed by atoms with Gasteiger partial charge in [-0.1, -0.05) is 47.1 Å². The lowest BCUT2D eigenvalue weighted by molar-refractivity contribution is 0.176. The van der Waals surface area contributed by atoms with Gasteiger partial charge in [-0.2, -0.15) is 0 Å². The van der Waals surface area contributed by atoms with E-state index in [0.29, 0.717) is 6.42 Å². The van der Waals surface area contributed by atoms with Gasteiger partial charge in [0.25, 0.3) is 0 Å². The Bertz CT molecular complexity index is 551. The SMILES string of the molecule is CCc1ccc(CC(O)c2cccc(C)c2Br)nc1. The normalized spacial score (nSPS) is 12.4. The molecule has 0 aliphatic rings. The van der Waals surface area contributed by atoms with Gasteiger partial charge in [-0.25, -0.2) is 0 Å². The van der Waals surface area contributed by atoms with E-state index in [4.69, 9.17) is 0 Å². The van der Waals surface area contributed by atoms with Gasteiger partial charge in [0.1, 0.15) is 0 Å². The number of halogens is 1. The summed E-state index contributed by atoms with van der Waals surface area (Å²) >= 11 is 3.54. The second kappa shape index (κ2) is 6.31. The Morgan fingerprint density at radius 3 is 2.68 bits per heavy atom. The predicted molar refractivity (Wildman–Crippen MR) is 81.2 cm³/mol. The predicted octanol–water partition coefficient (Wildman–Crippen LogP) is 3.99. The Morgan fingerprint density at radius 1 is 1.26 bits per heavy atom. The van der Waals surface area contributed by atoms with Crippen LogP contribution in [0.15, 0.2) is 41.0 Å². The van der Waals surface area contributed by atoms with Crippen LogP contribution in [0, 0.1) is 6.92 Å². The minimum atomic E-state index is -0.533. The number of rotatable bonds is 4. The van der Waals surface area contributed by atoms with Gasteiger partial charge >= 0.3 is 0 Å². The van der Waals surface area contributed by atoms with Crippen molar-refractivity contribution in [3.05, 3.63) is 63.4 Å². The molecule has 19 heavy (non-hydrogen) atoms. The molecule has 0 bridgehead atoms. The van der Waals surface area contributed by atoms with Crippen LogP contribution in [0.4, 0.5) is 0 Å². The van der Waals surface area contributed by atoms with E-state index in [2.05, 4.69) is 33.9 Å². The standard InChI is InChI=1S/C16H18BrNO/c1-3-12-7-8-13(18-10-12)9-15(19)14-6-4-5-11(2)16(14)17/h4-8,10,15,19H,3,9H2,1-2H3. The number of aliphatic hydroxyl groups is 1. The van der Waals surface area contributed by atoms with Gasteiger partial charge in [-0.3, -0.25) is 4.98 Å². The average Bonchev–Trinajstić information content (AvgIpc) is 2.42. The lowest BCUT2D eigenvalue weighted by atomic mass is 10.0. The van der Waals surface area contributed by atoms with E-state index in [1.807, 2.05) is 37.4 Å². The van der Waals surface area contributed by atoms with Crippen molar-refractivity contribution in [1.82, 2.24) is 4.98 Å². The average molecular weight is 320 g/mol. The summed E-state index contributed by atoms with van der Waals surface area (Å²) in [6.07, 6.45) is 2.87. The number of pyridine rings is 1. The molecular formula is C16H18BrNO. The Labute approximate surface area is 122 Å². The van der Waals surface area contributed by atoms with Gasteiger partial charge in [0, 0.05) is 22.8 Å². The highest BCUT2D eigenvalue weighted by molar-refractivity contribution is 9.10. The van der Waals surface area contributed by atoms with Gasteiger partial charge in [0.15, 0.2) is 0 Å². The molecule has 0 saturated heterocycles. The van der Waals surface area contributed by atoms with Crippen LogP contribution in [0.5, 0.6) is 0 Å². The van der Waals surface area contributed by atoms with E-state index >= 15 is 0 Å². The van der Waals surface area contributed by atoms with Crippen LogP contribution in [-0.2, 0) is 12.8 Å². The highest BCUT2D eigenvalue weighted by atomic mass is 79.9. The van der Waals surface area contributed by atoms with Gasteiger partial charge < -0.3 is 5.11 Å². The van der Waals surface area contributed by atoms with E-state index in [1.54, 1.807) is 0 Å². The molecule has 1 N–H and O–H groups in total. The topological polar surface area (TPSA) is 33.1 Å². The number of aliphatic hydroxyl groups excluding tert-OH is 1. The van der Waals surface area contributed by atoms with Crippen molar-refractivity contribution in [2.45, 2.75) is 32.8 Å². The molecule has 0 spiro atoms. The molecule has 2 aromatic rings. The van der Waals surface area contributed by atoms with E-state index < -0.39 is 6.10 Å². The summed E-state index contributed by atoms with van der Waals surface area (Å²) in [6.45, 7) is 4.13. The van der Waals surface area contributed by atoms with E-state index in [0.717, 1.165) is 27.7 Å². The first-order valence-electron chi connectivity index (χ1n) is 6.48. The van der Waals surface area contributed by atoms with Crippen molar-refractivity contribution >= 4 is 15.9 Å². The molecule has 0 radical (unpaired) electrons. The quantitative estimate of drug-likeness (QED) is 0.924. The molecule has 0 aliphatic heterocycles. The fourth-order valence-electron chi connectivity index (χ4n) is 2.02. The second-order valence-corrected chi connectivity index (χ2v) is 5.50. The molecule has 1 aromatic carbocycles. The Kier molecular flexibility index (Phi) is 4.72. The van der Waals surface area contributed by atoms with Gasteiger partial charge in [-0.05, 0) is 36.1 Å². The van der Waals surface area contributed by atoms with E-state index in [-0.39, 0.29) is 0 Å². The minimum Gasteiger partial charge on any atom is -0.388 e. The maximum Gasteiger partial charge on any atom is 0.0856 e. The summed E-state index contributed by atoms with van der Waals surface area (Å²) in [5, 5.41) is 10.3. The van der Waals surface area contributed by atoms with Gasteiger partial charge in [0.05, 0.1) is 6.10 Å². The molecule has 0 saturated carbocycles. The number of aryl methyl sites for hydroxylation is 2. The maximum atomic E-state index is 10.3. The monoisotopic (exact) mass is 319 g/mol. The fourth-order valence-corrected chi connectivity index (χ4v) is 2.55. The third kappa shape index (κ3) is 3.43. The molecule has 100 valence electrons. The van der Waals surface area contributed by atoms with Gasteiger partial charge in [0.2, 0.25) is 0 Å². The summed E-state index contributed by atoms with van der Waals surface area (Å²) in [4.78, 5) is 4.39. The summed E-state index contributed by atoms with van der Waals surface area (Å²) in [5.74, 6) is 0. The molecule has 1 heterocycles. The minimum absolute atomic E-state index is 0.533. The lowest BCUT2D eigenvalue weighted by Gasteiger charge is -2.14. The van der Waals surface area contributed by atoms with Crippen LogP contribution >= 0.6 is 15.9 Å². The van der Waals surface area contributed by atoms with Crippen LogP contribution in [0.3, 0.4) is 0 Å². The zero-order valence-electron chi connectivity index (χ0n) is 11.2. The number of hydrogen-bond donors (Lipinski definition) is 1. The molecule has 0 aliphatic carbocycles. The summed E-state index contributed by atoms with van der Waals surface area (Å²) in [6, 6.07) is 10.00. The van der Waals surface area contributed by atoms with Crippen molar-refractivity contribution in [3.63, 3.8) is 0 Å². The van der Waals surface area contributed by atoms with Crippen LogP contribution in [0.2, 0.25) is 0 Å². The Hall–Kier alpha value is -1.19. The smallest absolute Gasteiger partial charge is 0.0856 e. The van der Waals surface area contributed by atoms with Crippen LogP contribution in [0.1, 0.15) is 35.4 Å². The largest absolute Gasteiger partial charge is 0.388 e. The summed E-state index contributed by atoms with van der Waals surface area (Å²) < 4.78 is 0.979. The molecule has 1 atom stereocenters. The first kappa shape index (κ1) is 14.2. The van der Waals surface area contributed by atoms with E-state index in [1.165, 1.54) is 5.56 Å². The first-order chi connectivity index (χ1) is 9.11. The van der Waals surface area contributed by atoms with Crippen molar-refractivity contribution in [3.8, 4) is 0 Å². The molecule has 1 unspecified atom stereocenters. The van der Waals surface area contributed by atoms with Gasteiger partial charge in [-0.15, -0.1) is 0 Å². The van der Waals surface area contributed by atoms with Crippen molar-refractivity contribution in [2.24, 2.45) is 0 Å². The van der Waals surface area contributed by atoms with Crippen molar-refractivity contribution in [1.29, 1.82) is 0 Å².